The summed E-state index contributed by atoms with van der Waals surface area (Å²) in [4.78, 5) is 3.71. The average Bonchev–Trinajstić information content (AvgIpc) is 2.55. The third kappa shape index (κ3) is 5.02. The highest BCUT2D eigenvalue weighted by Crippen LogP contribution is 2.27. The Bertz CT molecular complexity index is 593. The van der Waals surface area contributed by atoms with E-state index >= 15 is 0 Å². The first kappa shape index (κ1) is 18.6. The van der Waals surface area contributed by atoms with Crippen molar-refractivity contribution in [1.29, 1.82) is 5.26 Å². The van der Waals surface area contributed by atoms with E-state index in [1.54, 1.807) is 50.8 Å². The fourth-order valence-corrected chi connectivity index (χ4v) is 2.11. The third-order valence-electron chi connectivity index (χ3n) is 3.42. The standard InChI is InChI=1S/C17H24N4O2/c1-5-20(4)12-15-10-14(17(22)23)6-7-16(15)21(9-8-19-3)13(2)11-18/h5-10,13,17,19,22-23H,1,12H2,2-4H3/b9-8-. The highest BCUT2D eigenvalue weighted by Gasteiger charge is 2.17. The summed E-state index contributed by atoms with van der Waals surface area (Å²) in [6.07, 6.45) is 3.68. The van der Waals surface area contributed by atoms with Crippen molar-refractivity contribution in [3.05, 3.63) is 54.5 Å². The molecule has 0 spiro atoms. The van der Waals surface area contributed by atoms with Gasteiger partial charge in [0.05, 0.1) is 6.07 Å². The Morgan fingerprint density at radius 2 is 2.13 bits per heavy atom. The van der Waals surface area contributed by atoms with E-state index in [1.807, 2.05) is 16.8 Å². The van der Waals surface area contributed by atoms with Crippen molar-refractivity contribution in [2.75, 3.05) is 19.0 Å². The maximum absolute atomic E-state index is 9.40. The van der Waals surface area contributed by atoms with Gasteiger partial charge in [-0.3, -0.25) is 0 Å². The normalized spacial score (nSPS) is 12.0. The number of benzene rings is 1. The number of nitrogens with one attached hydrogen (secondary N) is 1. The van der Waals surface area contributed by atoms with E-state index in [0.29, 0.717) is 12.1 Å². The van der Waals surface area contributed by atoms with Crippen molar-refractivity contribution in [2.24, 2.45) is 0 Å². The zero-order valence-corrected chi connectivity index (χ0v) is 13.8. The molecule has 1 aromatic carbocycles. The second kappa shape index (κ2) is 8.83. The van der Waals surface area contributed by atoms with Crippen LogP contribution in [0.3, 0.4) is 0 Å². The quantitative estimate of drug-likeness (QED) is 0.633. The number of aliphatic hydroxyl groups excluding tert-OH is 1. The van der Waals surface area contributed by atoms with Crippen LogP contribution in [0.15, 0.2) is 43.4 Å². The van der Waals surface area contributed by atoms with Crippen LogP contribution in [-0.4, -0.2) is 35.3 Å². The Morgan fingerprint density at radius 1 is 1.43 bits per heavy atom. The lowest BCUT2D eigenvalue weighted by Crippen LogP contribution is -2.28. The van der Waals surface area contributed by atoms with Crippen LogP contribution in [0.2, 0.25) is 0 Å². The molecule has 124 valence electrons. The van der Waals surface area contributed by atoms with Crippen LogP contribution in [0, 0.1) is 11.3 Å². The van der Waals surface area contributed by atoms with Crippen molar-refractivity contribution in [1.82, 2.24) is 10.2 Å². The van der Waals surface area contributed by atoms with Crippen LogP contribution in [0.25, 0.3) is 0 Å². The smallest absolute Gasteiger partial charge is 0.178 e. The van der Waals surface area contributed by atoms with E-state index in [-0.39, 0.29) is 6.04 Å². The minimum Gasteiger partial charge on any atom is -0.393 e. The first-order valence-electron chi connectivity index (χ1n) is 7.28. The first-order chi connectivity index (χ1) is 10.9. The summed E-state index contributed by atoms with van der Waals surface area (Å²) in [5.41, 5.74) is 2.09. The SMILES string of the molecule is C=CN(C)Cc1cc(C(O)O)ccc1N(/C=C\NC)C(C)C#N. The summed E-state index contributed by atoms with van der Waals surface area (Å²) >= 11 is 0. The van der Waals surface area contributed by atoms with Gasteiger partial charge in [0.1, 0.15) is 6.04 Å². The lowest BCUT2D eigenvalue weighted by molar-refractivity contribution is -0.0425. The van der Waals surface area contributed by atoms with E-state index in [4.69, 9.17) is 0 Å². The molecule has 23 heavy (non-hydrogen) atoms. The maximum Gasteiger partial charge on any atom is 0.178 e. The van der Waals surface area contributed by atoms with Crippen molar-refractivity contribution in [2.45, 2.75) is 25.8 Å². The third-order valence-corrected chi connectivity index (χ3v) is 3.42. The van der Waals surface area contributed by atoms with Crippen LogP contribution < -0.4 is 10.2 Å². The van der Waals surface area contributed by atoms with Crippen molar-refractivity contribution in [3.8, 4) is 6.07 Å². The van der Waals surface area contributed by atoms with Gasteiger partial charge in [0.15, 0.2) is 6.29 Å². The molecule has 0 aromatic heterocycles. The highest BCUT2D eigenvalue weighted by molar-refractivity contribution is 5.59. The highest BCUT2D eigenvalue weighted by atomic mass is 16.5. The molecule has 1 rings (SSSR count). The zero-order valence-electron chi connectivity index (χ0n) is 13.8. The largest absolute Gasteiger partial charge is 0.393 e. The second-order valence-corrected chi connectivity index (χ2v) is 5.18. The number of hydrogen-bond donors (Lipinski definition) is 3. The molecule has 0 aliphatic rings. The van der Waals surface area contributed by atoms with Gasteiger partial charge in [0, 0.05) is 44.3 Å². The molecule has 1 unspecified atom stereocenters. The van der Waals surface area contributed by atoms with E-state index in [0.717, 1.165) is 11.3 Å². The molecule has 3 N–H and O–H groups in total. The number of anilines is 1. The summed E-state index contributed by atoms with van der Waals surface area (Å²) in [5, 5.41) is 31.0. The van der Waals surface area contributed by atoms with E-state index in [1.165, 1.54) is 0 Å². The summed E-state index contributed by atoms with van der Waals surface area (Å²) in [7, 11) is 3.66. The van der Waals surface area contributed by atoms with E-state index < -0.39 is 6.29 Å². The lowest BCUT2D eigenvalue weighted by atomic mass is 10.1. The van der Waals surface area contributed by atoms with Crippen LogP contribution >= 0.6 is 0 Å². The van der Waals surface area contributed by atoms with E-state index in [2.05, 4.69) is 18.0 Å². The summed E-state index contributed by atoms with van der Waals surface area (Å²) in [5.74, 6) is 0. The molecule has 0 heterocycles. The number of nitrogens with zero attached hydrogens (tertiary/aromatic N) is 3. The van der Waals surface area contributed by atoms with E-state index in [9.17, 15) is 15.5 Å². The number of aliphatic hydroxyl groups is 2. The van der Waals surface area contributed by atoms with Gasteiger partial charge in [-0.1, -0.05) is 12.6 Å². The summed E-state index contributed by atoms with van der Waals surface area (Å²) < 4.78 is 0. The Morgan fingerprint density at radius 3 is 2.65 bits per heavy atom. The molecule has 1 atom stereocenters. The molecule has 1 aromatic rings. The fraction of sp³-hybridized carbons (Fsp3) is 0.353. The van der Waals surface area contributed by atoms with Gasteiger partial charge in [0.25, 0.3) is 0 Å². The molecule has 0 saturated carbocycles. The summed E-state index contributed by atoms with van der Waals surface area (Å²) in [6, 6.07) is 6.99. The van der Waals surface area contributed by atoms with Gasteiger partial charge in [-0.25, -0.2) is 0 Å². The molecule has 0 amide bonds. The summed E-state index contributed by atoms with van der Waals surface area (Å²) in [6.45, 7) is 6.06. The zero-order chi connectivity index (χ0) is 17.4. The van der Waals surface area contributed by atoms with Gasteiger partial charge < -0.3 is 25.3 Å². The first-order valence-corrected chi connectivity index (χ1v) is 7.28. The molecule has 6 heteroatoms. The fourth-order valence-electron chi connectivity index (χ4n) is 2.11. The van der Waals surface area contributed by atoms with Crippen LogP contribution in [0.5, 0.6) is 0 Å². The molecule has 0 bridgehead atoms. The molecule has 0 saturated heterocycles. The Labute approximate surface area is 137 Å². The Kier molecular flexibility index (Phi) is 7.13. The van der Waals surface area contributed by atoms with Gasteiger partial charge in [-0.2, -0.15) is 5.26 Å². The molecule has 0 aliphatic carbocycles. The minimum absolute atomic E-state index is 0.378. The van der Waals surface area contributed by atoms with Crippen LogP contribution in [-0.2, 0) is 6.54 Å². The Hall–Kier alpha value is -2.49. The van der Waals surface area contributed by atoms with Crippen LogP contribution in [0.4, 0.5) is 5.69 Å². The van der Waals surface area contributed by atoms with Crippen LogP contribution in [0.1, 0.15) is 24.3 Å². The van der Waals surface area contributed by atoms with Crippen molar-refractivity contribution >= 4 is 5.69 Å². The minimum atomic E-state index is -1.54. The lowest BCUT2D eigenvalue weighted by Gasteiger charge is -2.27. The number of rotatable bonds is 8. The molecule has 0 aliphatic heterocycles. The monoisotopic (exact) mass is 316 g/mol. The predicted octanol–water partition coefficient (Wildman–Crippen LogP) is 1.65. The maximum atomic E-state index is 9.40. The molecule has 6 nitrogen and oxygen atoms in total. The number of hydrogen-bond acceptors (Lipinski definition) is 6. The number of nitriles is 1. The van der Waals surface area contributed by atoms with Crippen molar-refractivity contribution in [3.63, 3.8) is 0 Å². The van der Waals surface area contributed by atoms with Gasteiger partial charge in [-0.05, 0) is 30.8 Å². The molecule has 0 radical (unpaired) electrons. The molecular weight excluding hydrogens is 292 g/mol. The molecule has 0 fully saturated rings. The Balaban J connectivity index is 3.37. The van der Waals surface area contributed by atoms with Crippen molar-refractivity contribution < 1.29 is 10.2 Å². The average molecular weight is 316 g/mol. The van der Waals surface area contributed by atoms with Gasteiger partial charge in [0.2, 0.25) is 0 Å². The van der Waals surface area contributed by atoms with Gasteiger partial charge >= 0.3 is 0 Å². The molecular formula is C17H24N4O2. The topological polar surface area (TPSA) is 82.8 Å². The van der Waals surface area contributed by atoms with Gasteiger partial charge in [-0.15, -0.1) is 0 Å². The second-order valence-electron chi connectivity index (χ2n) is 5.18. The predicted molar refractivity (Wildman–Crippen MR) is 91.0 cm³/mol.